The highest BCUT2D eigenvalue weighted by Crippen LogP contribution is 2.20. The van der Waals surface area contributed by atoms with Crippen LogP contribution in [0.25, 0.3) is 0 Å². The molecule has 0 bridgehead atoms. The third-order valence-electron chi connectivity index (χ3n) is 8.52. The van der Waals surface area contributed by atoms with Crippen molar-refractivity contribution in [2.45, 2.75) is 64.1 Å². The molecule has 12 heteroatoms. The first kappa shape index (κ1) is 38.4. The van der Waals surface area contributed by atoms with Gasteiger partial charge in [0.15, 0.2) is 0 Å². The SMILES string of the molecule is COc1ccc(CCNC(=O)[C@@H]2CCC(=O)N[C@@H](Cc3ccccc3)C(=O)N(C)CC(=O)N[C@@H](CC(C)C)COc3ccccc3C(=O)N2)cc1. The predicted octanol–water partition coefficient (Wildman–Crippen LogP) is 3.04. The fraction of sp³-hybridized carbons (Fsp3) is 0.410. The van der Waals surface area contributed by atoms with Crippen molar-refractivity contribution in [3.8, 4) is 11.5 Å². The lowest BCUT2D eigenvalue weighted by Gasteiger charge is -2.27. The zero-order valence-electron chi connectivity index (χ0n) is 29.8. The van der Waals surface area contributed by atoms with Crippen molar-refractivity contribution in [3.63, 3.8) is 0 Å². The van der Waals surface area contributed by atoms with Crippen molar-refractivity contribution >= 4 is 29.5 Å². The number of ether oxygens (including phenoxy) is 2. The summed E-state index contributed by atoms with van der Waals surface area (Å²) in [5.41, 5.74) is 2.02. The van der Waals surface area contributed by atoms with E-state index in [0.29, 0.717) is 19.4 Å². The van der Waals surface area contributed by atoms with Gasteiger partial charge >= 0.3 is 0 Å². The van der Waals surface area contributed by atoms with E-state index < -0.39 is 41.8 Å². The van der Waals surface area contributed by atoms with Gasteiger partial charge in [0.2, 0.25) is 23.6 Å². The number of para-hydroxylation sites is 1. The van der Waals surface area contributed by atoms with Crippen LogP contribution in [0, 0.1) is 5.92 Å². The summed E-state index contributed by atoms with van der Waals surface area (Å²) in [4.78, 5) is 68.8. The van der Waals surface area contributed by atoms with Crippen LogP contribution in [0.5, 0.6) is 11.5 Å². The highest BCUT2D eigenvalue weighted by molar-refractivity contribution is 6.00. The fourth-order valence-electron chi connectivity index (χ4n) is 5.88. The zero-order chi connectivity index (χ0) is 36.8. The van der Waals surface area contributed by atoms with Gasteiger partial charge in [-0.05, 0) is 60.6 Å². The molecule has 51 heavy (non-hydrogen) atoms. The third-order valence-corrected chi connectivity index (χ3v) is 8.52. The van der Waals surface area contributed by atoms with E-state index in [4.69, 9.17) is 9.47 Å². The molecule has 4 rings (SSSR count). The molecule has 0 saturated heterocycles. The van der Waals surface area contributed by atoms with Crippen molar-refractivity contribution < 1.29 is 33.4 Å². The van der Waals surface area contributed by atoms with Crippen LogP contribution in [0.15, 0.2) is 78.9 Å². The molecule has 0 unspecified atom stereocenters. The molecule has 3 aromatic carbocycles. The maximum Gasteiger partial charge on any atom is 0.255 e. The highest BCUT2D eigenvalue weighted by atomic mass is 16.5. The number of likely N-dealkylation sites (N-methyl/N-ethyl adjacent to an activating group) is 1. The smallest absolute Gasteiger partial charge is 0.255 e. The van der Waals surface area contributed by atoms with Crippen LogP contribution >= 0.6 is 0 Å². The Morgan fingerprint density at radius 3 is 2.31 bits per heavy atom. The van der Waals surface area contributed by atoms with Gasteiger partial charge < -0.3 is 35.6 Å². The first-order chi connectivity index (χ1) is 24.5. The quantitative estimate of drug-likeness (QED) is 0.268. The Morgan fingerprint density at radius 2 is 1.61 bits per heavy atom. The Kier molecular flexibility index (Phi) is 14.4. The van der Waals surface area contributed by atoms with Gasteiger partial charge in [-0.2, -0.15) is 0 Å². The molecule has 0 radical (unpaired) electrons. The van der Waals surface area contributed by atoms with Gasteiger partial charge in [-0.1, -0.05) is 68.4 Å². The van der Waals surface area contributed by atoms with E-state index in [1.165, 1.54) is 11.9 Å². The van der Waals surface area contributed by atoms with Crippen LogP contribution in [0.2, 0.25) is 0 Å². The topological polar surface area (TPSA) is 155 Å². The minimum atomic E-state index is -1.06. The molecule has 5 amide bonds. The molecular weight excluding hydrogens is 650 g/mol. The molecule has 1 aliphatic heterocycles. The maximum atomic E-state index is 13.7. The lowest BCUT2D eigenvalue weighted by atomic mass is 10.0. The second-order valence-electron chi connectivity index (χ2n) is 13.2. The molecule has 1 heterocycles. The van der Waals surface area contributed by atoms with E-state index in [1.54, 1.807) is 31.4 Å². The lowest BCUT2D eigenvalue weighted by molar-refractivity contribution is -0.138. The van der Waals surface area contributed by atoms with Gasteiger partial charge in [0, 0.05) is 26.4 Å². The van der Waals surface area contributed by atoms with Crippen LogP contribution in [0.1, 0.15) is 54.6 Å². The second-order valence-corrected chi connectivity index (χ2v) is 13.2. The summed E-state index contributed by atoms with van der Waals surface area (Å²) < 4.78 is 11.3. The molecule has 1 aliphatic rings. The molecule has 3 aromatic rings. The van der Waals surface area contributed by atoms with Crippen LogP contribution in [0.3, 0.4) is 0 Å². The Balaban J connectivity index is 1.59. The number of benzene rings is 3. The number of carbonyl (C=O) groups is 5. The monoisotopic (exact) mass is 699 g/mol. The van der Waals surface area contributed by atoms with Gasteiger partial charge in [-0.3, -0.25) is 24.0 Å². The highest BCUT2D eigenvalue weighted by Gasteiger charge is 2.29. The van der Waals surface area contributed by atoms with E-state index in [9.17, 15) is 24.0 Å². The Bertz CT molecular complexity index is 1630. The number of nitrogens with zero attached hydrogens (tertiary/aromatic N) is 1. The van der Waals surface area contributed by atoms with Gasteiger partial charge in [-0.25, -0.2) is 0 Å². The van der Waals surface area contributed by atoms with E-state index in [2.05, 4.69) is 21.3 Å². The maximum absolute atomic E-state index is 13.7. The number of methoxy groups -OCH3 is 1. The number of rotatable bonds is 9. The van der Waals surface area contributed by atoms with E-state index in [0.717, 1.165) is 16.9 Å². The number of hydrogen-bond donors (Lipinski definition) is 4. The number of fused-ring (bicyclic) bond motifs is 1. The second kappa shape index (κ2) is 19.1. The van der Waals surface area contributed by atoms with Gasteiger partial charge in [0.25, 0.3) is 5.91 Å². The summed E-state index contributed by atoms with van der Waals surface area (Å²) in [7, 11) is 3.12. The standard InChI is InChI=1S/C39H49N5O7/c1-26(2)22-29-25-51-34-13-9-8-12-31(34)37(47)43-32(38(48)40-21-20-27-14-16-30(50-4)17-15-27)18-19-35(45)42-33(23-28-10-6-5-7-11-28)39(49)44(3)24-36(46)41-29/h5-17,26,29,32-33H,18-25H2,1-4H3,(H,40,48)(H,41,46)(H,42,45)(H,43,47)/t29-,32-,33-/m0/s1. The minimum absolute atomic E-state index is 0.0318. The zero-order valence-corrected chi connectivity index (χ0v) is 29.8. The molecule has 0 aromatic heterocycles. The normalized spacial score (nSPS) is 19.4. The van der Waals surface area contributed by atoms with Crippen LogP contribution in [-0.2, 0) is 32.0 Å². The average Bonchev–Trinajstić information content (AvgIpc) is 3.11. The molecule has 4 N–H and O–H groups in total. The summed E-state index contributed by atoms with van der Waals surface area (Å²) >= 11 is 0. The lowest BCUT2D eigenvalue weighted by Crippen LogP contribution is -2.52. The van der Waals surface area contributed by atoms with Gasteiger partial charge in [0.1, 0.15) is 30.2 Å². The number of carbonyl (C=O) groups excluding carboxylic acids is 5. The summed E-state index contributed by atoms with van der Waals surface area (Å²) in [5, 5.41) is 11.5. The number of hydrogen-bond acceptors (Lipinski definition) is 7. The first-order valence-corrected chi connectivity index (χ1v) is 17.3. The number of amides is 5. The molecule has 3 atom stereocenters. The first-order valence-electron chi connectivity index (χ1n) is 17.3. The van der Waals surface area contributed by atoms with Crippen LogP contribution < -0.4 is 30.7 Å². The summed E-state index contributed by atoms with van der Waals surface area (Å²) in [6, 6.07) is 21.0. The molecule has 0 spiro atoms. The third kappa shape index (κ3) is 12.2. The van der Waals surface area contributed by atoms with E-state index >= 15 is 0 Å². The van der Waals surface area contributed by atoms with Crippen molar-refractivity contribution in [3.05, 3.63) is 95.6 Å². The van der Waals surface area contributed by atoms with E-state index in [-0.39, 0.29) is 55.6 Å². The van der Waals surface area contributed by atoms with Crippen molar-refractivity contribution in [2.75, 3.05) is 33.9 Å². The largest absolute Gasteiger partial charge is 0.497 e. The predicted molar refractivity (Wildman–Crippen MR) is 193 cm³/mol. The van der Waals surface area contributed by atoms with Crippen molar-refractivity contribution in [1.82, 2.24) is 26.2 Å². The summed E-state index contributed by atoms with van der Waals surface area (Å²) in [6.07, 6.45) is 1.14. The fourth-order valence-corrected chi connectivity index (χ4v) is 5.88. The molecular formula is C39H49N5O7. The Hall–Kier alpha value is -5.39. The van der Waals surface area contributed by atoms with Crippen LogP contribution in [-0.4, -0.2) is 86.4 Å². The van der Waals surface area contributed by atoms with Crippen LogP contribution in [0.4, 0.5) is 0 Å². The van der Waals surface area contributed by atoms with Crippen molar-refractivity contribution in [1.29, 1.82) is 0 Å². The van der Waals surface area contributed by atoms with E-state index in [1.807, 2.05) is 68.4 Å². The number of nitrogens with one attached hydrogen (secondary N) is 4. The molecule has 272 valence electrons. The Labute approximate surface area is 299 Å². The average molecular weight is 700 g/mol. The molecule has 0 saturated carbocycles. The summed E-state index contributed by atoms with van der Waals surface area (Å²) in [5.74, 6) is -1.07. The minimum Gasteiger partial charge on any atom is -0.497 e. The van der Waals surface area contributed by atoms with Gasteiger partial charge in [-0.15, -0.1) is 0 Å². The molecule has 12 nitrogen and oxygen atoms in total. The molecule has 0 fully saturated rings. The van der Waals surface area contributed by atoms with Gasteiger partial charge in [0.05, 0.1) is 25.3 Å². The summed E-state index contributed by atoms with van der Waals surface area (Å²) in [6.45, 7) is 4.19. The molecule has 0 aliphatic carbocycles. The van der Waals surface area contributed by atoms with Crippen molar-refractivity contribution in [2.24, 2.45) is 5.92 Å². The Morgan fingerprint density at radius 1 is 0.902 bits per heavy atom.